The van der Waals surface area contributed by atoms with Gasteiger partial charge in [-0.2, -0.15) is 0 Å². The van der Waals surface area contributed by atoms with E-state index < -0.39 is 21.8 Å². The Kier molecular flexibility index (Phi) is 5.02. The van der Waals surface area contributed by atoms with Crippen molar-refractivity contribution >= 4 is 39.4 Å². The zero-order chi connectivity index (χ0) is 17.0. The number of aliphatic carboxylic acids is 1. The molecule has 2 aromatic carbocycles. The summed E-state index contributed by atoms with van der Waals surface area (Å²) in [5.41, 5.74) is 0.669. The number of benzene rings is 2. The molecule has 0 aliphatic heterocycles. The van der Waals surface area contributed by atoms with Gasteiger partial charge in [-0.25, -0.2) is 17.6 Å². The van der Waals surface area contributed by atoms with Crippen LogP contribution in [0.1, 0.15) is 5.56 Å². The smallest absolute Gasteiger partial charge is 0.328 e. The van der Waals surface area contributed by atoms with Gasteiger partial charge in [0.05, 0.1) is 15.6 Å². The number of nitrogens with one attached hydrogen (secondary N) is 1. The van der Waals surface area contributed by atoms with E-state index in [-0.39, 0.29) is 15.6 Å². The molecule has 23 heavy (non-hydrogen) atoms. The van der Waals surface area contributed by atoms with Crippen LogP contribution in [-0.4, -0.2) is 19.5 Å². The first-order valence-corrected chi connectivity index (χ1v) is 8.13. The van der Waals surface area contributed by atoms with E-state index in [9.17, 15) is 17.6 Å². The molecule has 0 aromatic heterocycles. The molecule has 8 heteroatoms. The number of carboxylic acids is 1. The Balaban J connectivity index is 2.22. The number of halogens is 2. The van der Waals surface area contributed by atoms with Crippen molar-refractivity contribution in [2.75, 3.05) is 4.72 Å². The van der Waals surface area contributed by atoms with Gasteiger partial charge in [0, 0.05) is 6.08 Å². The molecule has 2 N–H and O–H groups in total. The zero-order valence-electron chi connectivity index (χ0n) is 11.5. The van der Waals surface area contributed by atoms with Crippen molar-refractivity contribution < 1.29 is 22.7 Å². The van der Waals surface area contributed by atoms with Crippen molar-refractivity contribution in [2.45, 2.75) is 4.90 Å². The van der Waals surface area contributed by atoms with E-state index in [4.69, 9.17) is 16.7 Å². The molecule has 2 aromatic rings. The standard InChI is InChI=1S/C15H11ClFNO4S/c16-13-9-11(4-7-14(13)17)18-23(21,22)12-5-1-10(2-6-12)3-8-15(19)20/h1-9,18H,(H,19,20)/b8-3+. The van der Waals surface area contributed by atoms with Gasteiger partial charge < -0.3 is 5.11 Å². The lowest BCUT2D eigenvalue weighted by atomic mass is 10.2. The van der Waals surface area contributed by atoms with Gasteiger partial charge in [0.15, 0.2) is 0 Å². The number of carboxylic acid groups (broad SMARTS) is 1. The first kappa shape index (κ1) is 17.0. The summed E-state index contributed by atoms with van der Waals surface area (Å²) in [7, 11) is -3.86. The summed E-state index contributed by atoms with van der Waals surface area (Å²) in [6.07, 6.45) is 2.29. The van der Waals surface area contributed by atoms with E-state index >= 15 is 0 Å². The van der Waals surface area contributed by atoms with Gasteiger partial charge in [-0.1, -0.05) is 23.7 Å². The van der Waals surface area contributed by atoms with Gasteiger partial charge in [0.1, 0.15) is 5.82 Å². The topological polar surface area (TPSA) is 83.5 Å². The third-order valence-electron chi connectivity index (χ3n) is 2.78. The molecular formula is C15H11ClFNO4S. The summed E-state index contributed by atoms with van der Waals surface area (Å²) in [6, 6.07) is 9.06. The average molecular weight is 356 g/mol. The third-order valence-corrected chi connectivity index (χ3v) is 4.47. The summed E-state index contributed by atoms with van der Waals surface area (Å²) in [5.74, 6) is -1.75. The fourth-order valence-corrected chi connectivity index (χ4v) is 2.93. The minimum Gasteiger partial charge on any atom is -0.478 e. The largest absolute Gasteiger partial charge is 0.478 e. The summed E-state index contributed by atoms with van der Waals surface area (Å²) in [4.78, 5) is 10.4. The Morgan fingerprint density at radius 1 is 1.17 bits per heavy atom. The molecule has 0 unspecified atom stereocenters. The van der Waals surface area contributed by atoms with Gasteiger partial charge in [0.2, 0.25) is 0 Å². The monoisotopic (exact) mass is 355 g/mol. The van der Waals surface area contributed by atoms with Crippen LogP contribution in [0.5, 0.6) is 0 Å². The average Bonchev–Trinajstić information content (AvgIpc) is 2.49. The maximum Gasteiger partial charge on any atom is 0.328 e. The Hall–Kier alpha value is -2.38. The Morgan fingerprint density at radius 3 is 2.39 bits per heavy atom. The Morgan fingerprint density at radius 2 is 1.83 bits per heavy atom. The second-order valence-corrected chi connectivity index (χ2v) is 6.56. The maximum absolute atomic E-state index is 13.1. The molecule has 0 saturated heterocycles. The summed E-state index contributed by atoms with van der Waals surface area (Å²) >= 11 is 5.60. The van der Waals surface area contributed by atoms with Crippen molar-refractivity contribution in [1.82, 2.24) is 0 Å². The van der Waals surface area contributed by atoms with Crippen LogP contribution in [0.25, 0.3) is 6.08 Å². The molecule has 0 aliphatic rings. The molecule has 0 bridgehead atoms. The predicted octanol–water partition coefficient (Wildman–Crippen LogP) is 3.38. The van der Waals surface area contributed by atoms with Gasteiger partial charge in [0.25, 0.3) is 10.0 Å². The minimum atomic E-state index is -3.86. The van der Waals surface area contributed by atoms with Crippen LogP contribution >= 0.6 is 11.6 Å². The molecule has 120 valence electrons. The van der Waals surface area contributed by atoms with Crippen LogP contribution in [0, 0.1) is 5.82 Å². The maximum atomic E-state index is 13.1. The lowest BCUT2D eigenvalue weighted by Gasteiger charge is -2.09. The van der Waals surface area contributed by atoms with E-state index in [0.29, 0.717) is 5.56 Å². The molecule has 0 fully saturated rings. The highest BCUT2D eigenvalue weighted by Crippen LogP contribution is 2.22. The van der Waals surface area contributed by atoms with Gasteiger partial charge in [-0.3, -0.25) is 4.72 Å². The van der Waals surface area contributed by atoms with E-state index in [1.165, 1.54) is 42.5 Å². The molecule has 0 amide bonds. The summed E-state index contributed by atoms with van der Waals surface area (Å²) in [5, 5.41) is 8.34. The number of carbonyl (C=O) groups is 1. The van der Waals surface area contributed by atoms with Crippen molar-refractivity contribution in [2.24, 2.45) is 0 Å². The van der Waals surface area contributed by atoms with Crippen molar-refractivity contribution in [3.63, 3.8) is 0 Å². The van der Waals surface area contributed by atoms with E-state index in [1.807, 2.05) is 0 Å². The second kappa shape index (κ2) is 6.80. The van der Waals surface area contributed by atoms with Crippen LogP contribution < -0.4 is 4.72 Å². The van der Waals surface area contributed by atoms with Crippen molar-refractivity contribution in [3.8, 4) is 0 Å². The quantitative estimate of drug-likeness (QED) is 0.805. The predicted molar refractivity (Wildman–Crippen MR) is 85.3 cm³/mol. The highest BCUT2D eigenvalue weighted by molar-refractivity contribution is 7.92. The van der Waals surface area contributed by atoms with Crippen molar-refractivity contribution in [3.05, 3.63) is 64.9 Å². The highest BCUT2D eigenvalue weighted by Gasteiger charge is 2.14. The van der Waals surface area contributed by atoms with Crippen LogP contribution in [0.15, 0.2) is 53.4 Å². The highest BCUT2D eigenvalue weighted by atomic mass is 35.5. The minimum absolute atomic E-state index is 0.0228. The van der Waals surface area contributed by atoms with Crippen LogP contribution in [0.4, 0.5) is 10.1 Å². The third kappa shape index (κ3) is 4.54. The van der Waals surface area contributed by atoms with Crippen LogP contribution in [-0.2, 0) is 14.8 Å². The molecule has 2 rings (SSSR count). The first-order chi connectivity index (χ1) is 10.8. The molecular weight excluding hydrogens is 345 g/mol. The van der Waals surface area contributed by atoms with E-state index in [0.717, 1.165) is 12.1 Å². The Labute approximate surface area is 137 Å². The van der Waals surface area contributed by atoms with Crippen molar-refractivity contribution in [1.29, 1.82) is 0 Å². The lowest BCUT2D eigenvalue weighted by molar-refractivity contribution is -0.131. The molecule has 0 radical (unpaired) electrons. The zero-order valence-corrected chi connectivity index (χ0v) is 13.1. The van der Waals surface area contributed by atoms with Crippen LogP contribution in [0.3, 0.4) is 0 Å². The van der Waals surface area contributed by atoms with Gasteiger partial charge in [-0.05, 0) is 42.0 Å². The van der Waals surface area contributed by atoms with E-state index in [2.05, 4.69) is 4.72 Å². The number of hydrogen-bond donors (Lipinski definition) is 2. The lowest BCUT2D eigenvalue weighted by Crippen LogP contribution is -2.12. The number of anilines is 1. The SMILES string of the molecule is O=C(O)/C=C/c1ccc(S(=O)(=O)Nc2ccc(F)c(Cl)c2)cc1. The first-order valence-electron chi connectivity index (χ1n) is 6.27. The molecule has 0 atom stereocenters. The Bertz CT molecular complexity index is 864. The van der Waals surface area contributed by atoms with Gasteiger partial charge in [-0.15, -0.1) is 0 Å². The molecule has 5 nitrogen and oxygen atoms in total. The summed E-state index contributed by atoms with van der Waals surface area (Å²) < 4.78 is 39.8. The number of rotatable bonds is 5. The second-order valence-electron chi connectivity index (χ2n) is 4.47. The molecule has 0 aliphatic carbocycles. The fraction of sp³-hybridized carbons (Fsp3) is 0. The normalized spacial score (nSPS) is 11.6. The summed E-state index contributed by atoms with van der Waals surface area (Å²) in [6.45, 7) is 0. The molecule has 0 heterocycles. The molecule has 0 spiro atoms. The number of sulfonamides is 1. The molecule has 0 saturated carbocycles. The van der Waals surface area contributed by atoms with Gasteiger partial charge >= 0.3 is 5.97 Å². The number of hydrogen-bond acceptors (Lipinski definition) is 3. The van der Waals surface area contributed by atoms with E-state index in [1.54, 1.807) is 0 Å². The fourth-order valence-electron chi connectivity index (χ4n) is 1.70. The van der Waals surface area contributed by atoms with Crippen LogP contribution in [0.2, 0.25) is 5.02 Å².